The van der Waals surface area contributed by atoms with Crippen LogP contribution in [-0.2, 0) is 11.2 Å². The average Bonchev–Trinajstić information content (AvgIpc) is 2.16. The smallest absolute Gasteiger partial charge is 0.338 e. The van der Waals surface area contributed by atoms with Gasteiger partial charge in [-0.2, -0.15) is 0 Å². The van der Waals surface area contributed by atoms with E-state index in [2.05, 4.69) is 0 Å². The zero-order chi connectivity index (χ0) is 11.4. The Balaban J connectivity index is 3.11. The van der Waals surface area contributed by atoms with Crippen LogP contribution in [0.15, 0.2) is 12.1 Å². The molecule has 0 unspecified atom stereocenters. The Kier molecular flexibility index (Phi) is 3.55. The first-order chi connectivity index (χ1) is 7.06. The van der Waals surface area contributed by atoms with Crippen molar-refractivity contribution >= 4 is 12.3 Å². The standard InChI is InChI=1S/C11H11FO3/c1-7-5-10(12)9(11(14)15)6-8(7)3-2-4-13/h4-6H,2-3H2,1H3,(H,14,15). The third-order valence-corrected chi connectivity index (χ3v) is 2.19. The zero-order valence-corrected chi connectivity index (χ0v) is 8.29. The molecule has 1 aromatic carbocycles. The summed E-state index contributed by atoms with van der Waals surface area (Å²) in [6.45, 7) is 1.69. The van der Waals surface area contributed by atoms with Gasteiger partial charge in [-0.15, -0.1) is 0 Å². The lowest BCUT2D eigenvalue weighted by molar-refractivity contribution is -0.107. The second-order valence-corrected chi connectivity index (χ2v) is 3.27. The summed E-state index contributed by atoms with van der Waals surface area (Å²) in [5, 5.41) is 8.70. The fraction of sp³-hybridized carbons (Fsp3) is 0.273. The predicted molar refractivity (Wildman–Crippen MR) is 52.5 cm³/mol. The molecule has 0 fully saturated rings. The quantitative estimate of drug-likeness (QED) is 0.773. The van der Waals surface area contributed by atoms with Crippen molar-refractivity contribution in [1.82, 2.24) is 0 Å². The number of rotatable bonds is 4. The SMILES string of the molecule is Cc1cc(F)c(C(=O)O)cc1CCC=O. The van der Waals surface area contributed by atoms with E-state index in [0.29, 0.717) is 24.0 Å². The highest BCUT2D eigenvalue weighted by Crippen LogP contribution is 2.16. The second kappa shape index (κ2) is 4.68. The van der Waals surface area contributed by atoms with E-state index in [-0.39, 0.29) is 5.56 Å². The Labute approximate surface area is 86.5 Å². The Morgan fingerprint density at radius 1 is 1.53 bits per heavy atom. The summed E-state index contributed by atoms with van der Waals surface area (Å²) in [7, 11) is 0. The molecule has 0 aromatic heterocycles. The number of benzene rings is 1. The number of aryl methyl sites for hydroxylation is 2. The van der Waals surface area contributed by atoms with Crippen LogP contribution in [0.25, 0.3) is 0 Å². The molecule has 1 aromatic rings. The van der Waals surface area contributed by atoms with Crippen molar-refractivity contribution in [2.45, 2.75) is 19.8 Å². The number of hydrogen-bond donors (Lipinski definition) is 1. The fourth-order valence-electron chi connectivity index (χ4n) is 1.37. The van der Waals surface area contributed by atoms with Crippen molar-refractivity contribution in [1.29, 1.82) is 0 Å². The number of carbonyl (C=O) groups excluding carboxylic acids is 1. The molecule has 80 valence electrons. The van der Waals surface area contributed by atoms with Crippen LogP contribution in [-0.4, -0.2) is 17.4 Å². The molecule has 0 aliphatic heterocycles. The lowest BCUT2D eigenvalue weighted by Crippen LogP contribution is -2.03. The van der Waals surface area contributed by atoms with Crippen molar-refractivity contribution in [2.24, 2.45) is 0 Å². The van der Waals surface area contributed by atoms with Gasteiger partial charge in [0.1, 0.15) is 12.1 Å². The molecule has 0 aliphatic rings. The van der Waals surface area contributed by atoms with Gasteiger partial charge in [0.15, 0.2) is 0 Å². The summed E-state index contributed by atoms with van der Waals surface area (Å²) >= 11 is 0. The molecule has 0 spiro atoms. The van der Waals surface area contributed by atoms with Crippen LogP contribution >= 0.6 is 0 Å². The monoisotopic (exact) mass is 210 g/mol. The van der Waals surface area contributed by atoms with Crippen LogP contribution in [0.4, 0.5) is 4.39 Å². The number of carboxylic acid groups (broad SMARTS) is 1. The van der Waals surface area contributed by atoms with Gasteiger partial charge >= 0.3 is 5.97 Å². The minimum atomic E-state index is -1.29. The van der Waals surface area contributed by atoms with Crippen molar-refractivity contribution < 1.29 is 19.1 Å². The number of carboxylic acids is 1. The van der Waals surface area contributed by atoms with Gasteiger partial charge in [0.2, 0.25) is 0 Å². The van der Waals surface area contributed by atoms with Crippen molar-refractivity contribution in [3.05, 3.63) is 34.6 Å². The normalized spacial score (nSPS) is 10.0. The molecule has 3 nitrogen and oxygen atoms in total. The van der Waals surface area contributed by atoms with Crippen molar-refractivity contribution in [3.63, 3.8) is 0 Å². The van der Waals surface area contributed by atoms with Gasteiger partial charge in [0.25, 0.3) is 0 Å². The molecule has 0 heterocycles. The van der Waals surface area contributed by atoms with E-state index in [1.807, 2.05) is 0 Å². The first-order valence-corrected chi connectivity index (χ1v) is 4.52. The summed E-state index contributed by atoms with van der Waals surface area (Å²) in [5.74, 6) is -2.03. The van der Waals surface area contributed by atoms with Gasteiger partial charge in [-0.25, -0.2) is 9.18 Å². The summed E-state index contributed by atoms with van der Waals surface area (Å²) < 4.78 is 13.2. The molecular formula is C11H11FO3. The summed E-state index contributed by atoms with van der Waals surface area (Å²) in [6.07, 6.45) is 1.50. The Morgan fingerprint density at radius 2 is 2.20 bits per heavy atom. The maximum absolute atomic E-state index is 13.2. The molecule has 0 saturated heterocycles. The zero-order valence-electron chi connectivity index (χ0n) is 8.29. The van der Waals surface area contributed by atoms with Crippen LogP contribution in [0.3, 0.4) is 0 Å². The summed E-state index contributed by atoms with van der Waals surface area (Å²) in [5.41, 5.74) is 1.02. The lowest BCUT2D eigenvalue weighted by atomic mass is 10.0. The fourth-order valence-corrected chi connectivity index (χ4v) is 1.37. The van der Waals surface area contributed by atoms with E-state index in [9.17, 15) is 14.0 Å². The second-order valence-electron chi connectivity index (χ2n) is 3.27. The van der Waals surface area contributed by atoms with Gasteiger partial charge < -0.3 is 9.90 Å². The van der Waals surface area contributed by atoms with Crippen LogP contribution in [0, 0.1) is 12.7 Å². The molecule has 0 bridgehead atoms. The number of aromatic carboxylic acids is 1. The van der Waals surface area contributed by atoms with Gasteiger partial charge in [-0.3, -0.25) is 0 Å². The third-order valence-electron chi connectivity index (χ3n) is 2.19. The molecule has 0 atom stereocenters. The summed E-state index contributed by atoms with van der Waals surface area (Å²) in [4.78, 5) is 20.8. The van der Waals surface area contributed by atoms with E-state index in [1.54, 1.807) is 6.92 Å². The van der Waals surface area contributed by atoms with Crippen molar-refractivity contribution in [3.8, 4) is 0 Å². The highest BCUT2D eigenvalue weighted by atomic mass is 19.1. The molecule has 4 heteroatoms. The molecule has 0 aliphatic carbocycles. The predicted octanol–water partition coefficient (Wildman–Crippen LogP) is 1.96. The minimum absolute atomic E-state index is 0.311. The average molecular weight is 210 g/mol. The maximum atomic E-state index is 13.2. The molecule has 0 saturated carbocycles. The lowest BCUT2D eigenvalue weighted by Gasteiger charge is -2.06. The van der Waals surface area contributed by atoms with E-state index in [4.69, 9.17) is 5.11 Å². The Morgan fingerprint density at radius 3 is 2.73 bits per heavy atom. The van der Waals surface area contributed by atoms with Crippen LogP contribution in [0.5, 0.6) is 0 Å². The molecule has 1 rings (SSSR count). The topological polar surface area (TPSA) is 54.4 Å². The first-order valence-electron chi connectivity index (χ1n) is 4.52. The Hall–Kier alpha value is -1.71. The van der Waals surface area contributed by atoms with Crippen LogP contribution in [0.2, 0.25) is 0 Å². The maximum Gasteiger partial charge on any atom is 0.338 e. The highest BCUT2D eigenvalue weighted by Gasteiger charge is 2.12. The highest BCUT2D eigenvalue weighted by molar-refractivity contribution is 5.88. The first kappa shape index (κ1) is 11.4. The number of aldehydes is 1. The molecular weight excluding hydrogens is 199 g/mol. The van der Waals surface area contributed by atoms with Gasteiger partial charge in [0.05, 0.1) is 5.56 Å². The van der Waals surface area contributed by atoms with Gasteiger partial charge in [-0.05, 0) is 36.6 Å². The minimum Gasteiger partial charge on any atom is -0.478 e. The van der Waals surface area contributed by atoms with Crippen LogP contribution in [0.1, 0.15) is 27.9 Å². The van der Waals surface area contributed by atoms with Gasteiger partial charge in [0, 0.05) is 6.42 Å². The van der Waals surface area contributed by atoms with E-state index in [1.165, 1.54) is 12.1 Å². The molecule has 15 heavy (non-hydrogen) atoms. The molecule has 0 radical (unpaired) electrons. The van der Waals surface area contributed by atoms with Gasteiger partial charge in [-0.1, -0.05) is 0 Å². The number of halogens is 1. The van der Waals surface area contributed by atoms with E-state index >= 15 is 0 Å². The number of carbonyl (C=O) groups is 2. The third kappa shape index (κ3) is 2.62. The van der Waals surface area contributed by atoms with E-state index < -0.39 is 11.8 Å². The van der Waals surface area contributed by atoms with E-state index in [0.717, 1.165) is 6.29 Å². The summed E-state index contributed by atoms with van der Waals surface area (Å²) in [6, 6.07) is 2.47. The number of hydrogen-bond acceptors (Lipinski definition) is 2. The van der Waals surface area contributed by atoms with Crippen molar-refractivity contribution in [2.75, 3.05) is 0 Å². The molecule has 1 N–H and O–H groups in total. The van der Waals surface area contributed by atoms with Crippen LogP contribution < -0.4 is 0 Å². The Bertz CT molecular complexity index is 399. The molecule has 0 amide bonds. The largest absolute Gasteiger partial charge is 0.478 e.